The van der Waals surface area contributed by atoms with E-state index in [-0.39, 0.29) is 29.7 Å². The first-order valence-corrected chi connectivity index (χ1v) is 2.72. The average molecular weight is 322 g/mol. The van der Waals surface area contributed by atoms with E-state index in [9.17, 15) is 0 Å². The van der Waals surface area contributed by atoms with Crippen LogP contribution in [0.25, 0.3) is 0 Å². The number of hydrogen-bond donors (Lipinski definition) is 6. The highest BCUT2D eigenvalue weighted by atomic mass is 16.1. The standard InChI is InChI=1S/6CHNO.4CH4/c6*2-1-3;;;;/h6*2H;4*1H4. The van der Waals surface area contributed by atoms with Gasteiger partial charge in [-0.05, 0) is 0 Å². The summed E-state index contributed by atoms with van der Waals surface area (Å²) in [5.74, 6) is 0. The van der Waals surface area contributed by atoms with Gasteiger partial charge in [-0.3, -0.25) is 0 Å². The Hall–Kier alpha value is -3.72. The van der Waals surface area contributed by atoms with Gasteiger partial charge in [-0.15, -0.1) is 0 Å². The van der Waals surface area contributed by atoms with Crippen LogP contribution in [0.2, 0.25) is 0 Å². The number of hydrogen-bond acceptors (Lipinski definition) is 12. The van der Waals surface area contributed by atoms with Gasteiger partial charge in [0.15, 0.2) is 0 Å². The van der Waals surface area contributed by atoms with Crippen molar-refractivity contribution in [2.45, 2.75) is 29.7 Å². The highest BCUT2D eigenvalue weighted by molar-refractivity contribution is 5.27. The van der Waals surface area contributed by atoms with Gasteiger partial charge in [0.1, 0.15) is 0 Å². The van der Waals surface area contributed by atoms with Gasteiger partial charge in [0.25, 0.3) is 0 Å². The van der Waals surface area contributed by atoms with E-state index >= 15 is 0 Å². The SMILES string of the molecule is C.C.C.C.N=C=O.N=C=O.N=C=O.N=C=O.N=C=O.N=C=O. The van der Waals surface area contributed by atoms with E-state index in [2.05, 4.69) is 0 Å². The molecule has 0 fully saturated rings. The van der Waals surface area contributed by atoms with Gasteiger partial charge >= 0.3 is 0 Å². The summed E-state index contributed by atoms with van der Waals surface area (Å²) in [7, 11) is 0. The lowest BCUT2D eigenvalue weighted by atomic mass is 11.7. The molecule has 0 aromatic carbocycles. The zero-order valence-corrected chi connectivity index (χ0v) is 8.45. The zero-order chi connectivity index (χ0) is 16.2. The van der Waals surface area contributed by atoms with Gasteiger partial charge in [-0.25, -0.2) is 61.2 Å². The van der Waals surface area contributed by atoms with Crippen molar-refractivity contribution in [1.29, 1.82) is 32.5 Å². The van der Waals surface area contributed by atoms with E-state index in [0.29, 0.717) is 0 Å². The van der Waals surface area contributed by atoms with Crippen LogP contribution in [0.3, 0.4) is 0 Å². The van der Waals surface area contributed by atoms with Gasteiger partial charge in [0.05, 0.1) is 0 Å². The fourth-order valence-electron chi connectivity index (χ4n) is 0. The van der Waals surface area contributed by atoms with E-state index in [1.807, 2.05) is 0 Å². The van der Waals surface area contributed by atoms with E-state index in [0.717, 1.165) is 36.5 Å². The molecule has 0 saturated heterocycles. The molecule has 6 N–H and O–H groups in total. The number of carbonyl (C=O) groups excluding carboxylic acids is 6. The van der Waals surface area contributed by atoms with Gasteiger partial charge in [-0.1, -0.05) is 29.7 Å². The molecule has 0 rings (SSSR count). The highest BCUT2D eigenvalue weighted by Crippen LogP contribution is 0.883. The quantitative estimate of drug-likeness (QED) is 0.287. The minimum absolute atomic E-state index is 0. The lowest BCUT2D eigenvalue weighted by Crippen LogP contribution is -1.16. The van der Waals surface area contributed by atoms with Crippen molar-refractivity contribution in [3.8, 4) is 0 Å². The predicted molar refractivity (Wildman–Crippen MR) is 77.4 cm³/mol. The molecule has 128 valence electrons. The number of nitrogens with one attached hydrogen (secondary N) is 6. The smallest absolute Gasteiger partial charge is 0.222 e. The van der Waals surface area contributed by atoms with Crippen LogP contribution in [0, 0.1) is 32.5 Å². The Balaban J connectivity index is -0.00000000947. The molecule has 0 atom stereocenters. The number of rotatable bonds is 0. The minimum atomic E-state index is 0. The maximum absolute atomic E-state index is 8.35. The van der Waals surface area contributed by atoms with Crippen molar-refractivity contribution in [3.63, 3.8) is 0 Å². The van der Waals surface area contributed by atoms with Crippen molar-refractivity contribution in [1.82, 2.24) is 0 Å². The Morgan fingerprint density at radius 2 is 0.318 bits per heavy atom. The molecule has 12 nitrogen and oxygen atoms in total. The van der Waals surface area contributed by atoms with Crippen LogP contribution in [0.15, 0.2) is 0 Å². The molecule has 0 spiro atoms. The van der Waals surface area contributed by atoms with E-state index < -0.39 is 0 Å². The summed E-state index contributed by atoms with van der Waals surface area (Å²) in [6, 6.07) is 0. The average Bonchev–Trinajstić information content (AvgIpc) is 2.23. The Bertz CT molecular complexity index is 253. The molecule has 0 aliphatic carbocycles. The maximum Gasteiger partial charge on any atom is 0.231 e. The molecule has 0 amide bonds. The Kier molecular flexibility index (Phi) is 3190. The fourth-order valence-corrected chi connectivity index (χ4v) is 0. The molecule has 0 aromatic rings. The van der Waals surface area contributed by atoms with Crippen LogP contribution in [-0.2, 0) is 28.8 Å². The van der Waals surface area contributed by atoms with Crippen LogP contribution in [0.5, 0.6) is 0 Å². The highest BCUT2D eigenvalue weighted by Gasteiger charge is 1.05. The first kappa shape index (κ1) is 79.6. The molecule has 0 saturated carbocycles. The summed E-state index contributed by atoms with van der Waals surface area (Å²) in [4.78, 5) is 50.1. The van der Waals surface area contributed by atoms with Crippen molar-refractivity contribution in [3.05, 3.63) is 0 Å². The lowest BCUT2D eigenvalue weighted by molar-refractivity contribution is 0.562. The Morgan fingerprint density at radius 3 is 0.318 bits per heavy atom. The van der Waals surface area contributed by atoms with Gasteiger partial charge < -0.3 is 0 Å². The second-order valence-electron chi connectivity index (χ2n) is 0.612. The second kappa shape index (κ2) is 881. The van der Waals surface area contributed by atoms with Crippen molar-refractivity contribution >= 4 is 36.5 Å². The molecule has 0 aliphatic rings. The van der Waals surface area contributed by atoms with E-state index in [1.165, 1.54) is 0 Å². The van der Waals surface area contributed by atoms with Crippen LogP contribution in [-0.4, -0.2) is 36.5 Å². The normalized spacial score (nSPS) is 2.18. The van der Waals surface area contributed by atoms with Gasteiger partial charge in [-0.2, -0.15) is 0 Å². The maximum atomic E-state index is 8.35. The Labute approximate surface area is 128 Å². The molecule has 0 bridgehead atoms. The third kappa shape index (κ3) is 275. The summed E-state index contributed by atoms with van der Waals surface area (Å²) in [6.07, 6.45) is 4.50. The summed E-state index contributed by atoms with van der Waals surface area (Å²) < 4.78 is 0. The second-order valence-corrected chi connectivity index (χ2v) is 0.612. The van der Waals surface area contributed by atoms with Crippen LogP contribution < -0.4 is 0 Å². The minimum Gasteiger partial charge on any atom is -0.222 e. The summed E-state index contributed by atoms with van der Waals surface area (Å²) >= 11 is 0. The summed E-state index contributed by atoms with van der Waals surface area (Å²) in [5, 5.41) is 32.4. The van der Waals surface area contributed by atoms with Gasteiger partial charge in [0, 0.05) is 0 Å². The monoisotopic (exact) mass is 322 g/mol. The summed E-state index contributed by atoms with van der Waals surface area (Å²) in [6.45, 7) is 0. The molecular weight excluding hydrogens is 300 g/mol. The third-order valence-corrected chi connectivity index (χ3v) is 0. The van der Waals surface area contributed by atoms with Crippen molar-refractivity contribution in [2.24, 2.45) is 0 Å². The first-order chi connectivity index (χ1) is 8.49. The van der Waals surface area contributed by atoms with Crippen molar-refractivity contribution in [2.75, 3.05) is 0 Å². The molecular formula is C10H22N6O6. The van der Waals surface area contributed by atoms with Crippen molar-refractivity contribution < 1.29 is 28.8 Å². The molecule has 12 heteroatoms. The lowest BCUT2D eigenvalue weighted by Gasteiger charge is -1.02. The molecule has 22 heavy (non-hydrogen) atoms. The molecule has 0 heterocycles. The van der Waals surface area contributed by atoms with Crippen LogP contribution in [0.1, 0.15) is 29.7 Å². The van der Waals surface area contributed by atoms with Crippen LogP contribution in [0.4, 0.5) is 0 Å². The van der Waals surface area contributed by atoms with Gasteiger partial charge in [0.2, 0.25) is 36.5 Å². The largest absolute Gasteiger partial charge is 0.231 e. The molecule has 0 radical (unpaired) electrons. The topological polar surface area (TPSA) is 246 Å². The molecule has 0 aliphatic heterocycles. The first-order valence-electron chi connectivity index (χ1n) is 2.72. The van der Waals surface area contributed by atoms with Crippen LogP contribution >= 0.6 is 0 Å². The van der Waals surface area contributed by atoms with E-state index in [4.69, 9.17) is 61.2 Å². The predicted octanol–water partition coefficient (Wildman–Crippen LogP) is 1.95. The van der Waals surface area contributed by atoms with E-state index in [1.54, 1.807) is 0 Å². The fraction of sp³-hybridized carbons (Fsp3) is 0.400. The zero-order valence-electron chi connectivity index (χ0n) is 8.45. The Morgan fingerprint density at radius 1 is 0.318 bits per heavy atom. The molecule has 0 unspecified atom stereocenters. The molecule has 0 aromatic heterocycles. The number of isocyanates is 6. The summed E-state index contributed by atoms with van der Waals surface area (Å²) in [5.41, 5.74) is 0. The third-order valence-electron chi connectivity index (χ3n) is 0.